The monoisotopic (exact) mass is 387 g/mol. The number of nitrogens with one attached hydrogen (secondary N) is 1. The van der Waals surface area contributed by atoms with E-state index in [2.05, 4.69) is 5.32 Å². The molecule has 1 aliphatic rings. The van der Waals surface area contributed by atoms with Gasteiger partial charge in [-0.15, -0.1) is 0 Å². The molecule has 1 fully saturated rings. The number of rotatable bonds is 4. The van der Waals surface area contributed by atoms with Gasteiger partial charge in [-0.3, -0.25) is 14.4 Å². The molecule has 0 bridgehead atoms. The van der Waals surface area contributed by atoms with Crippen LogP contribution < -0.4 is 14.8 Å². The van der Waals surface area contributed by atoms with E-state index in [0.29, 0.717) is 30.3 Å². The van der Waals surface area contributed by atoms with Gasteiger partial charge in [0.15, 0.2) is 17.3 Å². The lowest BCUT2D eigenvalue weighted by atomic mass is 10.2. The highest BCUT2D eigenvalue weighted by Crippen LogP contribution is 2.29. The number of carbonyl (C=O) groups is 3. The Morgan fingerprint density at radius 1 is 0.964 bits per heavy atom. The molecule has 1 aromatic heterocycles. The molecule has 148 valence electrons. The number of nitrogens with zero attached hydrogens (tertiary/aromatic N) is 2. The minimum atomic E-state index is -0.752. The van der Waals surface area contributed by atoms with Gasteiger partial charge in [0.1, 0.15) is 0 Å². The Hall–Kier alpha value is -3.49. The molecular formula is C19H21N3O6. The summed E-state index contributed by atoms with van der Waals surface area (Å²) >= 11 is 0. The highest BCUT2D eigenvalue weighted by atomic mass is 16.5. The van der Waals surface area contributed by atoms with Crippen molar-refractivity contribution in [1.29, 1.82) is 0 Å². The average Bonchev–Trinajstić information content (AvgIpc) is 3.27. The van der Waals surface area contributed by atoms with Crippen molar-refractivity contribution in [1.82, 2.24) is 9.80 Å². The first-order valence-corrected chi connectivity index (χ1v) is 8.68. The molecular weight excluding hydrogens is 366 g/mol. The van der Waals surface area contributed by atoms with Gasteiger partial charge in [0.25, 0.3) is 5.91 Å². The fraction of sp³-hybridized carbons (Fsp3) is 0.316. The molecule has 9 heteroatoms. The molecule has 9 nitrogen and oxygen atoms in total. The van der Waals surface area contributed by atoms with Crippen molar-refractivity contribution in [3.05, 3.63) is 42.4 Å². The molecule has 2 aromatic rings. The molecule has 0 aliphatic carbocycles. The summed E-state index contributed by atoms with van der Waals surface area (Å²) < 4.78 is 15.4. The molecule has 1 aliphatic heterocycles. The quantitative estimate of drug-likeness (QED) is 0.792. The van der Waals surface area contributed by atoms with Crippen molar-refractivity contribution >= 4 is 23.4 Å². The second-order valence-corrected chi connectivity index (χ2v) is 6.09. The SMILES string of the molecule is COc1ccc(NC(=O)C(=O)N2CCN(C(=O)c3ccco3)CC2)cc1OC. The van der Waals surface area contributed by atoms with Crippen LogP contribution in [0.4, 0.5) is 5.69 Å². The van der Waals surface area contributed by atoms with Crippen LogP contribution in [0.3, 0.4) is 0 Å². The van der Waals surface area contributed by atoms with Crippen molar-refractivity contribution < 1.29 is 28.3 Å². The Morgan fingerprint density at radius 2 is 1.64 bits per heavy atom. The van der Waals surface area contributed by atoms with Crippen LogP contribution in [-0.2, 0) is 9.59 Å². The molecule has 28 heavy (non-hydrogen) atoms. The lowest BCUT2D eigenvalue weighted by Crippen LogP contribution is -2.52. The standard InChI is InChI=1S/C19H21N3O6/c1-26-14-6-5-13(12-16(14)27-2)20-17(23)19(25)22-9-7-21(8-10-22)18(24)15-4-3-11-28-15/h3-6,11-12H,7-10H2,1-2H3,(H,20,23). The number of hydrogen-bond donors (Lipinski definition) is 1. The molecule has 3 rings (SSSR count). The van der Waals surface area contributed by atoms with E-state index in [-0.39, 0.29) is 24.8 Å². The number of benzene rings is 1. The molecule has 1 N–H and O–H groups in total. The Balaban J connectivity index is 1.56. The molecule has 0 atom stereocenters. The maximum absolute atomic E-state index is 12.4. The summed E-state index contributed by atoms with van der Waals surface area (Å²) in [7, 11) is 2.99. The molecule has 3 amide bonds. The van der Waals surface area contributed by atoms with Crippen molar-refractivity contribution in [3.63, 3.8) is 0 Å². The Morgan fingerprint density at radius 3 is 2.25 bits per heavy atom. The first-order chi connectivity index (χ1) is 13.5. The third-order valence-corrected chi connectivity index (χ3v) is 4.42. The number of furan rings is 1. The zero-order valence-corrected chi connectivity index (χ0v) is 15.6. The summed E-state index contributed by atoms with van der Waals surface area (Å²) in [5, 5.41) is 2.56. The smallest absolute Gasteiger partial charge is 0.313 e. The van der Waals surface area contributed by atoms with Crippen molar-refractivity contribution in [3.8, 4) is 11.5 Å². The van der Waals surface area contributed by atoms with Crippen molar-refractivity contribution in [2.24, 2.45) is 0 Å². The van der Waals surface area contributed by atoms with Gasteiger partial charge in [-0.1, -0.05) is 0 Å². The molecule has 0 spiro atoms. The Kier molecular flexibility index (Phi) is 5.83. The largest absolute Gasteiger partial charge is 0.493 e. The fourth-order valence-electron chi connectivity index (χ4n) is 2.91. The van der Waals surface area contributed by atoms with Gasteiger partial charge in [0.05, 0.1) is 20.5 Å². The highest BCUT2D eigenvalue weighted by Gasteiger charge is 2.29. The van der Waals surface area contributed by atoms with Crippen LogP contribution in [-0.4, -0.2) is 67.9 Å². The van der Waals surface area contributed by atoms with E-state index in [9.17, 15) is 14.4 Å². The third kappa shape index (κ3) is 4.08. The van der Waals surface area contributed by atoms with Gasteiger partial charge in [-0.2, -0.15) is 0 Å². The molecule has 2 heterocycles. The lowest BCUT2D eigenvalue weighted by molar-refractivity contribution is -0.144. The predicted octanol–water partition coefficient (Wildman–Crippen LogP) is 1.22. The van der Waals surface area contributed by atoms with Crippen LogP contribution in [0.2, 0.25) is 0 Å². The van der Waals surface area contributed by atoms with Gasteiger partial charge >= 0.3 is 11.8 Å². The van der Waals surface area contributed by atoms with Gasteiger partial charge in [-0.25, -0.2) is 0 Å². The first kappa shape index (κ1) is 19.3. The summed E-state index contributed by atoms with van der Waals surface area (Å²) in [4.78, 5) is 40.0. The normalized spacial score (nSPS) is 13.8. The van der Waals surface area contributed by atoms with Gasteiger partial charge < -0.3 is 29.0 Å². The van der Waals surface area contributed by atoms with E-state index >= 15 is 0 Å². The van der Waals surface area contributed by atoms with E-state index in [1.165, 1.54) is 25.4 Å². The first-order valence-electron chi connectivity index (χ1n) is 8.68. The second-order valence-electron chi connectivity index (χ2n) is 6.09. The number of piperazine rings is 1. The van der Waals surface area contributed by atoms with E-state index in [1.54, 1.807) is 35.2 Å². The maximum Gasteiger partial charge on any atom is 0.313 e. The van der Waals surface area contributed by atoms with E-state index in [4.69, 9.17) is 13.9 Å². The van der Waals surface area contributed by atoms with Crippen molar-refractivity contribution in [2.75, 3.05) is 45.7 Å². The fourth-order valence-corrected chi connectivity index (χ4v) is 2.91. The Labute approximate surface area is 161 Å². The molecule has 0 unspecified atom stereocenters. The number of hydrogen-bond acceptors (Lipinski definition) is 6. The van der Waals surface area contributed by atoms with E-state index in [0.717, 1.165) is 0 Å². The summed E-state index contributed by atoms with van der Waals surface area (Å²) in [6.07, 6.45) is 1.44. The number of methoxy groups -OCH3 is 2. The van der Waals surface area contributed by atoms with Crippen LogP contribution in [0, 0.1) is 0 Å². The van der Waals surface area contributed by atoms with Crippen LogP contribution in [0.25, 0.3) is 0 Å². The second kappa shape index (κ2) is 8.47. The third-order valence-electron chi connectivity index (χ3n) is 4.42. The summed E-state index contributed by atoms with van der Waals surface area (Å²) in [6.45, 7) is 1.19. The minimum Gasteiger partial charge on any atom is -0.493 e. The zero-order chi connectivity index (χ0) is 20.1. The molecule has 0 radical (unpaired) electrons. The van der Waals surface area contributed by atoms with Gasteiger partial charge in [0.2, 0.25) is 0 Å². The summed E-state index contributed by atoms with van der Waals surface area (Å²) in [6, 6.07) is 8.07. The minimum absolute atomic E-state index is 0.230. The van der Waals surface area contributed by atoms with Crippen LogP contribution >= 0.6 is 0 Å². The van der Waals surface area contributed by atoms with Crippen molar-refractivity contribution in [2.45, 2.75) is 0 Å². The number of anilines is 1. The highest BCUT2D eigenvalue weighted by molar-refractivity contribution is 6.39. The van der Waals surface area contributed by atoms with Gasteiger partial charge in [-0.05, 0) is 24.3 Å². The maximum atomic E-state index is 12.4. The van der Waals surface area contributed by atoms with Crippen LogP contribution in [0.15, 0.2) is 41.0 Å². The van der Waals surface area contributed by atoms with E-state index in [1.807, 2.05) is 0 Å². The number of amides is 3. The summed E-state index contributed by atoms with van der Waals surface area (Å²) in [5.41, 5.74) is 0.419. The van der Waals surface area contributed by atoms with E-state index < -0.39 is 11.8 Å². The Bertz CT molecular complexity index is 857. The lowest BCUT2D eigenvalue weighted by Gasteiger charge is -2.33. The average molecular weight is 387 g/mol. The number of ether oxygens (including phenoxy) is 2. The zero-order valence-electron chi connectivity index (χ0n) is 15.6. The van der Waals surface area contributed by atoms with Crippen LogP contribution in [0.5, 0.6) is 11.5 Å². The molecule has 1 saturated heterocycles. The number of carbonyl (C=O) groups excluding carboxylic acids is 3. The topological polar surface area (TPSA) is 101 Å². The van der Waals surface area contributed by atoms with Gasteiger partial charge in [0, 0.05) is 37.9 Å². The summed E-state index contributed by atoms with van der Waals surface area (Å²) in [5.74, 6) is -0.419. The predicted molar refractivity (Wildman–Crippen MR) is 99.4 cm³/mol. The molecule has 1 aromatic carbocycles. The van der Waals surface area contributed by atoms with Crippen LogP contribution in [0.1, 0.15) is 10.6 Å². The molecule has 0 saturated carbocycles.